The van der Waals surface area contributed by atoms with Crippen LogP contribution in [0, 0.1) is 5.82 Å². The summed E-state index contributed by atoms with van der Waals surface area (Å²) in [5, 5.41) is 6.86. The highest BCUT2D eigenvalue weighted by atomic mass is 19.1. The van der Waals surface area contributed by atoms with Gasteiger partial charge in [-0.3, -0.25) is 14.3 Å². The largest absolute Gasteiger partial charge is 0.461 e. The maximum Gasteiger partial charge on any atom is 0.307 e. The molecule has 0 bridgehead atoms. The van der Waals surface area contributed by atoms with Crippen molar-refractivity contribution in [2.45, 2.75) is 26.4 Å². The van der Waals surface area contributed by atoms with Crippen molar-refractivity contribution < 1.29 is 18.7 Å². The highest BCUT2D eigenvalue weighted by molar-refractivity contribution is 5.95. The zero-order valence-electron chi connectivity index (χ0n) is 17.0. The zero-order chi connectivity index (χ0) is 21.5. The molecule has 0 aliphatic rings. The molecule has 156 valence electrons. The molecule has 6 nitrogen and oxygen atoms in total. The van der Waals surface area contributed by atoms with Crippen LogP contribution in [0.15, 0.2) is 54.7 Å². The van der Waals surface area contributed by atoms with Gasteiger partial charge in [-0.25, -0.2) is 4.39 Å². The van der Waals surface area contributed by atoms with Crippen LogP contribution in [0.25, 0.3) is 11.3 Å². The molecule has 0 aliphatic heterocycles. The molecule has 0 atom stereocenters. The Kier molecular flexibility index (Phi) is 6.95. The molecule has 0 unspecified atom stereocenters. The van der Waals surface area contributed by atoms with Crippen LogP contribution in [-0.4, -0.2) is 28.2 Å². The monoisotopic (exact) mass is 409 g/mol. The average Bonchev–Trinajstić information content (AvgIpc) is 3.13. The quantitative estimate of drug-likeness (QED) is 0.577. The number of aryl methyl sites for hydroxylation is 2. The number of nitrogens with zero attached hydrogens (tertiary/aromatic N) is 2. The molecule has 0 fully saturated rings. The summed E-state index contributed by atoms with van der Waals surface area (Å²) in [5.41, 5.74) is 3.40. The molecule has 0 radical (unpaired) electrons. The lowest BCUT2D eigenvalue weighted by Gasteiger charge is -2.10. The van der Waals surface area contributed by atoms with Crippen molar-refractivity contribution >= 4 is 11.9 Å². The highest BCUT2D eigenvalue weighted by Gasteiger charge is 2.15. The van der Waals surface area contributed by atoms with Crippen LogP contribution in [0.2, 0.25) is 0 Å². The summed E-state index contributed by atoms with van der Waals surface area (Å²) in [6, 6.07) is 13.5. The molecule has 1 heterocycles. The van der Waals surface area contributed by atoms with E-state index in [-0.39, 0.29) is 25.1 Å². The molecule has 0 spiro atoms. The fraction of sp³-hybridized carbons (Fsp3) is 0.261. The Balaban J connectivity index is 1.58. The van der Waals surface area contributed by atoms with Gasteiger partial charge in [0, 0.05) is 24.7 Å². The number of hydrogen-bond donors (Lipinski definition) is 1. The predicted octanol–water partition coefficient (Wildman–Crippen LogP) is 3.65. The number of rotatable bonds is 8. The van der Waals surface area contributed by atoms with Crippen LogP contribution < -0.4 is 5.32 Å². The lowest BCUT2D eigenvalue weighted by molar-refractivity contribution is -0.144. The number of ether oxygens (including phenoxy) is 1. The summed E-state index contributed by atoms with van der Waals surface area (Å²) in [7, 11) is 1.78. The summed E-state index contributed by atoms with van der Waals surface area (Å²) >= 11 is 0. The maximum absolute atomic E-state index is 14.2. The Labute approximate surface area is 174 Å². The van der Waals surface area contributed by atoms with Gasteiger partial charge in [0.1, 0.15) is 12.4 Å². The maximum atomic E-state index is 14.2. The lowest BCUT2D eigenvalue weighted by Crippen LogP contribution is -2.26. The van der Waals surface area contributed by atoms with Crippen molar-refractivity contribution in [3.63, 3.8) is 0 Å². The second kappa shape index (κ2) is 9.82. The van der Waals surface area contributed by atoms with Crippen LogP contribution in [0.4, 0.5) is 4.39 Å². The average molecular weight is 409 g/mol. The molecule has 0 saturated carbocycles. The number of benzene rings is 2. The van der Waals surface area contributed by atoms with E-state index < -0.39 is 17.7 Å². The molecule has 3 aromatic rings. The van der Waals surface area contributed by atoms with E-state index in [0.29, 0.717) is 5.56 Å². The molecule has 3 rings (SSSR count). The van der Waals surface area contributed by atoms with Gasteiger partial charge in [0.25, 0.3) is 5.91 Å². The Bertz CT molecular complexity index is 1030. The van der Waals surface area contributed by atoms with E-state index in [1.54, 1.807) is 24.0 Å². The SMILES string of the molecule is CCc1cnn(C)c1-c1cc(F)cc(C(=O)NCCC(=O)OCc2ccccc2)c1. The van der Waals surface area contributed by atoms with E-state index in [0.717, 1.165) is 23.2 Å². The van der Waals surface area contributed by atoms with Gasteiger partial charge < -0.3 is 10.1 Å². The third-order valence-corrected chi connectivity index (χ3v) is 4.69. The van der Waals surface area contributed by atoms with E-state index in [1.165, 1.54) is 12.1 Å². The van der Waals surface area contributed by atoms with Gasteiger partial charge in [0.05, 0.1) is 18.3 Å². The van der Waals surface area contributed by atoms with Gasteiger partial charge in [-0.2, -0.15) is 5.10 Å². The van der Waals surface area contributed by atoms with Gasteiger partial charge in [-0.15, -0.1) is 0 Å². The van der Waals surface area contributed by atoms with E-state index >= 15 is 0 Å². The number of nitrogens with one attached hydrogen (secondary N) is 1. The van der Waals surface area contributed by atoms with E-state index in [1.807, 2.05) is 37.3 Å². The van der Waals surface area contributed by atoms with Crippen molar-refractivity contribution in [3.05, 3.63) is 77.2 Å². The van der Waals surface area contributed by atoms with Gasteiger partial charge in [0.2, 0.25) is 0 Å². The van der Waals surface area contributed by atoms with Gasteiger partial charge in [0.15, 0.2) is 0 Å². The van der Waals surface area contributed by atoms with Crippen molar-refractivity contribution in [1.82, 2.24) is 15.1 Å². The molecule has 7 heteroatoms. The molecular formula is C23H24FN3O3. The second-order valence-corrected chi connectivity index (χ2v) is 6.88. The lowest BCUT2D eigenvalue weighted by atomic mass is 10.0. The summed E-state index contributed by atoms with van der Waals surface area (Å²) in [6.45, 7) is 2.28. The minimum atomic E-state index is -0.511. The topological polar surface area (TPSA) is 73.2 Å². The van der Waals surface area contributed by atoms with Crippen molar-refractivity contribution in [3.8, 4) is 11.3 Å². The second-order valence-electron chi connectivity index (χ2n) is 6.88. The molecule has 2 aromatic carbocycles. The number of amides is 1. The third kappa shape index (κ3) is 5.31. The smallest absolute Gasteiger partial charge is 0.307 e. The molecule has 30 heavy (non-hydrogen) atoms. The first-order chi connectivity index (χ1) is 14.5. The minimum Gasteiger partial charge on any atom is -0.461 e. The van der Waals surface area contributed by atoms with Crippen molar-refractivity contribution in [2.24, 2.45) is 7.05 Å². The molecule has 1 N–H and O–H groups in total. The van der Waals surface area contributed by atoms with Crippen molar-refractivity contribution in [1.29, 1.82) is 0 Å². The first-order valence-corrected chi connectivity index (χ1v) is 9.77. The van der Waals surface area contributed by atoms with Gasteiger partial charge in [-0.05, 0) is 35.7 Å². The molecule has 1 aromatic heterocycles. The highest BCUT2D eigenvalue weighted by Crippen LogP contribution is 2.25. The molecule has 1 amide bonds. The minimum absolute atomic E-state index is 0.0302. The summed E-state index contributed by atoms with van der Waals surface area (Å²) in [4.78, 5) is 24.3. The Hall–Kier alpha value is -3.48. The zero-order valence-corrected chi connectivity index (χ0v) is 17.0. The first kappa shape index (κ1) is 21.2. The van der Waals surface area contributed by atoms with E-state index in [2.05, 4.69) is 10.4 Å². The Morgan fingerprint density at radius 3 is 2.67 bits per heavy atom. The van der Waals surface area contributed by atoms with Crippen LogP contribution in [-0.2, 0) is 29.6 Å². The molecule has 0 saturated heterocycles. The van der Waals surface area contributed by atoms with Gasteiger partial charge in [-0.1, -0.05) is 37.3 Å². The number of carbonyl (C=O) groups is 2. The van der Waals surface area contributed by atoms with Crippen LogP contribution in [0.3, 0.4) is 0 Å². The van der Waals surface area contributed by atoms with E-state index in [4.69, 9.17) is 4.74 Å². The molecular weight excluding hydrogens is 385 g/mol. The first-order valence-electron chi connectivity index (χ1n) is 9.77. The number of halogens is 1. The number of carbonyl (C=O) groups excluding carboxylic acids is 2. The Morgan fingerprint density at radius 1 is 1.17 bits per heavy atom. The standard InChI is InChI=1S/C23H24FN3O3/c1-3-17-14-26-27(2)22(17)18-11-19(13-20(24)12-18)23(29)25-10-9-21(28)30-15-16-7-5-4-6-8-16/h4-8,11-14H,3,9-10,15H2,1-2H3,(H,25,29). The van der Waals surface area contributed by atoms with Crippen LogP contribution in [0.5, 0.6) is 0 Å². The predicted molar refractivity (Wildman–Crippen MR) is 111 cm³/mol. The fourth-order valence-electron chi connectivity index (χ4n) is 3.16. The summed E-state index contributed by atoms with van der Waals surface area (Å²) in [5.74, 6) is -1.38. The summed E-state index contributed by atoms with van der Waals surface area (Å²) < 4.78 is 21.0. The van der Waals surface area contributed by atoms with Crippen molar-refractivity contribution in [2.75, 3.05) is 6.54 Å². The van der Waals surface area contributed by atoms with Crippen LogP contribution >= 0.6 is 0 Å². The number of hydrogen-bond acceptors (Lipinski definition) is 4. The Morgan fingerprint density at radius 2 is 1.93 bits per heavy atom. The van der Waals surface area contributed by atoms with Crippen LogP contribution in [0.1, 0.15) is 34.8 Å². The number of esters is 1. The van der Waals surface area contributed by atoms with E-state index in [9.17, 15) is 14.0 Å². The molecule has 0 aliphatic carbocycles. The van der Waals surface area contributed by atoms with Gasteiger partial charge >= 0.3 is 5.97 Å². The fourth-order valence-corrected chi connectivity index (χ4v) is 3.16. The number of aromatic nitrogens is 2. The summed E-state index contributed by atoms with van der Waals surface area (Å²) in [6.07, 6.45) is 2.51. The third-order valence-electron chi connectivity index (χ3n) is 4.69. The normalized spacial score (nSPS) is 10.6.